The zero-order valence-electron chi connectivity index (χ0n) is 23.5. The molecule has 222 valence electrons. The number of hydrogen-bond acceptors (Lipinski definition) is 7. The molecule has 1 aliphatic carbocycles. The molecule has 1 fully saturated rings. The highest BCUT2D eigenvalue weighted by molar-refractivity contribution is 6.30. The van der Waals surface area contributed by atoms with Gasteiger partial charge >= 0.3 is 5.97 Å². The van der Waals surface area contributed by atoms with Crippen LogP contribution in [0.15, 0.2) is 72.8 Å². The van der Waals surface area contributed by atoms with Crippen LogP contribution >= 0.6 is 11.6 Å². The first-order valence-electron chi connectivity index (χ1n) is 13.9. The summed E-state index contributed by atoms with van der Waals surface area (Å²) < 4.78 is 10.7. The number of carbonyl (C=O) groups is 2. The molecule has 0 saturated heterocycles. The molecular formula is C31H39ClN2O7. The van der Waals surface area contributed by atoms with Gasteiger partial charge in [0.1, 0.15) is 24.7 Å². The maximum absolute atomic E-state index is 11.8. The Balaban J connectivity index is 0.000000303. The van der Waals surface area contributed by atoms with Crippen LogP contribution in [0.5, 0.6) is 11.5 Å². The highest BCUT2D eigenvalue weighted by atomic mass is 35.5. The number of unbranched alkanes of at least 4 members (excludes halogenated alkanes) is 1. The van der Waals surface area contributed by atoms with Crippen LogP contribution in [-0.2, 0) is 21.0 Å². The van der Waals surface area contributed by atoms with Gasteiger partial charge in [-0.3, -0.25) is 4.79 Å². The number of para-hydroxylation sites is 1. The molecule has 0 bridgehead atoms. The molecule has 1 saturated carbocycles. The molecular weight excluding hydrogens is 548 g/mol. The molecule has 0 aliphatic heterocycles. The van der Waals surface area contributed by atoms with E-state index in [1.54, 1.807) is 18.2 Å². The van der Waals surface area contributed by atoms with Crippen molar-refractivity contribution in [1.82, 2.24) is 5.32 Å². The number of benzene rings is 2. The number of nitrogens with one attached hydrogen (secondary N) is 1. The minimum atomic E-state index is -0.924. The first kappa shape index (κ1) is 33.4. The minimum Gasteiger partial charge on any atom is -0.493 e. The Morgan fingerprint density at radius 3 is 2.61 bits per heavy atom. The molecule has 0 unspecified atom stereocenters. The highest BCUT2D eigenvalue weighted by Gasteiger charge is 2.12. The number of rotatable bonds is 15. The molecule has 2 aromatic carbocycles. The second kappa shape index (κ2) is 20.1. The van der Waals surface area contributed by atoms with Crippen LogP contribution in [0.4, 0.5) is 0 Å². The Bertz CT molecular complexity index is 1150. The number of amides is 1. The number of nitrogens with zero attached hydrogens (tertiary/aromatic N) is 1. The average molecular weight is 587 g/mol. The summed E-state index contributed by atoms with van der Waals surface area (Å²) in [6, 6.07) is 13.9. The lowest BCUT2D eigenvalue weighted by Crippen LogP contribution is -2.31. The first-order valence-corrected chi connectivity index (χ1v) is 14.2. The third-order valence-electron chi connectivity index (χ3n) is 6.12. The molecule has 10 heteroatoms. The number of carbonyl (C=O) groups excluding carboxylic acids is 2. The summed E-state index contributed by atoms with van der Waals surface area (Å²) >= 11 is 5.88. The molecule has 0 atom stereocenters. The summed E-state index contributed by atoms with van der Waals surface area (Å²) in [7, 11) is 0. The van der Waals surface area contributed by atoms with Gasteiger partial charge in [-0.05, 0) is 69.2 Å². The number of allylic oxidation sites excluding steroid dienone is 3. The van der Waals surface area contributed by atoms with E-state index < -0.39 is 11.1 Å². The van der Waals surface area contributed by atoms with Crippen molar-refractivity contribution in [2.75, 3.05) is 13.2 Å². The van der Waals surface area contributed by atoms with Crippen LogP contribution in [0.3, 0.4) is 0 Å². The van der Waals surface area contributed by atoms with Crippen molar-refractivity contribution in [3.63, 3.8) is 0 Å². The van der Waals surface area contributed by atoms with Gasteiger partial charge in [-0.15, -0.1) is 10.1 Å². The fourth-order valence-corrected chi connectivity index (χ4v) is 4.23. The van der Waals surface area contributed by atoms with Crippen LogP contribution in [-0.4, -0.2) is 30.1 Å². The third-order valence-corrected chi connectivity index (χ3v) is 6.35. The zero-order valence-corrected chi connectivity index (χ0v) is 24.2. The van der Waals surface area contributed by atoms with Gasteiger partial charge in [0.25, 0.3) is 5.09 Å². The third kappa shape index (κ3) is 15.5. The summed E-state index contributed by atoms with van der Waals surface area (Å²) in [6.07, 6.45) is 16.8. The first-order chi connectivity index (χ1) is 19.9. The Labute approximate surface area is 246 Å². The maximum Gasteiger partial charge on any atom is 0.330 e. The van der Waals surface area contributed by atoms with Crippen molar-refractivity contribution in [2.24, 2.45) is 5.92 Å². The van der Waals surface area contributed by atoms with E-state index in [0.717, 1.165) is 36.1 Å². The quantitative estimate of drug-likeness (QED) is 0.0595. The van der Waals surface area contributed by atoms with Gasteiger partial charge < -0.3 is 19.6 Å². The summed E-state index contributed by atoms with van der Waals surface area (Å²) in [5, 5.41) is 12.5. The Morgan fingerprint density at radius 1 is 1.10 bits per heavy atom. The second-order valence-corrected chi connectivity index (χ2v) is 9.82. The van der Waals surface area contributed by atoms with Crippen molar-refractivity contribution in [1.29, 1.82) is 0 Å². The summed E-state index contributed by atoms with van der Waals surface area (Å²) in [5.74, 6) is 0.936. The van der Waals surface area contributed by atoms with Gasteiger partial charge in [-0.25, -0.2) is 4.79 Å². The van der Waals surface area contributed by atoms with Gasteiger partial charge in [-0.2, -0.15) is 0 Å². The largest absolute Gasteiger partial charge is 0.493 e. The second-order valence-electron chi connectivity index (χ2n) is 9.38. The van der Waals surface area contributed by atoms with E-state index in [1.165, 1.54) is 31.7 Å². The van der Waals surface area contributed by atoms with E-state index in [4.69, 9.17) is 21.1 Å². The van der Waals surface area contributed by atoms with E-state index >= 15 is 0 Å². The van der Waals surface area contributed by atoms with E-state index in [0.29, 0.717) is 18.4 Å². The Hall–Kier alpha value is -3.85. The van der Waals surface area contributed by atoms with E-state index in [2.05, 4.69) is 22.3 Å². The van der Waals surface area contributed by atoms with Crippen LogP contribution in [0, 0.1) is 16.0 Å². The summed E-state index contributed by atoms with van der Waals surface area (Å²) in [6.45, 7) is 2.04. The van der Waals surface area contributed by atoms with Crippen LogP contribution in [0.2, 0.25) is 5.02 Å². The lowest BCUT2D eigenvalue weighted by molar-refractivity contribution is -0.763. The average Bonchev–Trinajstić information content (AvgIpc) is 3.48. The lowest BCUT2D eigenvalue weighted by Gasteiger charge is -2.09. The maximum atomic E-state index is 11.8. The Kier molecular flexibility index (Phi) is 16.3. The van der Waals surface area contributed by atoms with Crippen molar-refractivity contribution in [3.8, 4) is 11.5 Å². The predicted octanol–water partition coefficient (Wildman–Crippen LogP) is 7.02. The minimum absolute atomic E-state index is 0.159. The van der Waals surface area contributed by atoms with Gasteiger partial charge in [0.2, 0.25) is 5.91 Å². The SMILES string of the molecule is C/C=C\CCCC(=O)NCC(=O)Oc1ccccc1CO[N+](=O)[O-].Clc1cccc(OCC/C=C/C2CCCC2)c1. The van der Waals surface area contributed by atoms with E-state index in [1.807, 2.05) is 43.3 Å². The Morgan fingerprint density at radius 2 is 1.88 bits per heavy atom. The molecule has 0 radical (unpaired) electrons. The van der Waals surface area contributed by atoms with Crippen molar-refractivity contribution < 1.29 is 29.0 Å². The highest BCUT2D eigenvalue weighted by Crippen LogP contribution is 2.25. The molecule has 0 heterocycles. The van der Waals surface area contributed by atoms with Crippen molar-refractivity contribution >= 4 is 23.5 Å². The molecule has 1 amide bonds. The summed E-state index contributed by atoms with van der Waals surface area (Å²) in [4.78, 5) is 37.8. The van der Waals surface area contributed by atoms with Gasteiger partial charge in [0, 0.05) is 17.0 Å². The van der Waals surface area contributed by atoms with Gasteiger partial charge in [0.05, 0.1) is 6.61 Å². The zero-order chi connectivity index (χ0) is 29.7. The van der Waals surface area contributed by atoms with Crippen LogP contribution < -0.4 is 14.8 Å². The molecule has 1 aliphatic rings. The number of ether oxygens (including phenoxy) is 2. The molecule has 3 rings (SSSR count). The molecule has 2 aromatic rings. The molecule has 0 aromatic heterocycles. The van der Waals surface area contributed by atoms with Gasteiger partial charge in [-0.1, -0.05) is 73.0 Å². The number of halogens is 1. The van der Waals surface area contributed by atoms with E-state index in [9.17, 15) is 19.7 Å². The standard InChI is InChI=1S/C16H20N2O6.C15H19ClO/c1-2-3-4-5-10-15(19)17-11-16(20)24-14-9-7-6-8-13(14)12-23-18(21)22;16-14-9-5-10-15(12-14)17-11-4-3-8-13-6-1-2-7-13/h2-3,6-9H,4-5,10-12H2,1H3,(H,17,19);3,5,8-10,12-13H,1-2,4,6-7,11H2/b3-2-;8-3+. The molecule has 41 heavy (non-hydrogen) atoms. The molecule has 9 nitrogen and oxygen atoms in total. The topological polar surface area (TPSA) is 117 Å². The molecule has 1 N–H and O–H groups in total. The fraction of sp³-hybridized carbons (Fsp3) is 0.419. The number of esters is 1. The fourth-order valence-electron chi connectivity index (χ4n) is 4.05. The van der Waals surface area contributed by atoms with Crippen molar-refractivity contribution in [2.45, 2.75) is 64.9 Å². The number of hydrogen-bond donors (Lipinski definition) is 1. The predicted molar refractivity (Wildman–Crippen MR) is 158 cm³/mol. The summed E-state index contributed by atoms with van der Waals surface area (Å²) in [5.41, 5.74) is 0.361. The van der Waals surface area contributed by atoms with Crippen LogP contribution in [0.1, 0.15) is 63.9 Å². The lowest BCUT2D eigenvalue weighted by atomic mass is 10.1. The normalized spacial score (nSPS) is 13.0. The molecule has 0 spiro atoms. The van der Waals surface area contributed by atoms with Crippen molar-refractivity contribution in [3.05, 3.63) is 93.5 Å². The smallest absolute Gasteiger partial charge is 0.330 e. The van der Waals surface area contributed by atoms with Crippen LogP contribution in [0.25, 0.3) is 0 Å². The van der Waals surface area contributed by atoms with E-state index in [-0.39, 0.29) is 24.8 Å². The van der Waals surface area contributed by atoms with Gasteiger partial charge in [0.15, 0.2) is 0 Å². The monoisotopic (exact) mass is 586 g/mol.